The lowest BCUT2D eigenvalue weighted by Crippen LogP contribution is -2.26. The van der Waals surface area contributed by atoms with Crippen LogP contribution in [0.1, 0.15) is 25.3 Å². The van der Waals surface area contributed by atoms with Crippen molar-refractivity contribution in [1.29, 1.82) is 0 Å². The van der Waals surface area contributed by atoms with Gasteiger partial charge in [-0.25, -0.2) is 0 Å². The maximum absolute atomic E-state index is 12.0. The van der Waals surface area contributed by atoms with Crippen LogP contribution in [0.5, 0.6) is 0 Å². The molecule has 1 aromatic carbocycles. The first kappa shape index (κ1) is 11.8. The number of rotatable bonds is 4. The molecular weight excluding hydrogens is 214 g/mol. The monoisotopic (exact) mass is 231 g/mol. The Labute approximate surface area is 101 Å². The van der Waals surface area contributed by atoms with Crippen LogP contribution in [0.25, 0.3) is 0 Å². The van der Waals surface area contributed by atoms with E-state index in [9.17, 15) is 9.59 Å². The highest BCUT2D eigenvalue weighted by Crippen LogP contribution is 2.21. The smallest absolute Gasteiger partial charge is 0.233 e. The number of hydrogen-bond acceptors (Lipinski definition) is 2. The van der Waals surface area contributed by atoms with Crippen molar-refractivity contribution in [3.8, 4) is 0 Å². The molecule has 0 bridgehead atoms. The number of carbonyl (C=O) groups excluding carboxylic acids is 2. The van der Waals surface area contributed by atoms with Gasteiger partial charge < -0.3 is 4.90 Å². The molecule has 1 heterocycles. The van der Waals surface area contributed by atoms with Crippen LogP contribution in [0.2, 0.25) is 0 Å². The summed E-state index contributed by atoms with van der Waals surface area (Å²) in [6, 6.07) is 9.79. The van der Waals surface area contributed by atoms with E-state index in [1.54, 1.807) is 4.90 Å². The molecule has 1 amide bonds. The maximum Gasteiger partial charge on any atom is 0.233 e. The SMILES string of the molecule is CCCC1C(=O)CN(Cc2ccccc2)C1=O. The third-order valence-corrected chi connectivity index (χ3v) is 3.14. The summed E-state index contributed by atoms with van der Waals surface area (Å²) in [5, 5.41) is 0. The Hall–Kier alpha value is -1.64. The number of benzene rings is 1. The van der Waals surface area contributed by atoms with Gasteiger partial charge in [0.25, 0.3) is 0 Å². The first-order chi connectivity index (χ1) is 8.22. The largest absolute Gasteiger partial charge is 0.330 e. The summed E-state index contributed by atoms with van der Waals surface area (Å²) in [7, 11) is 0. The van der Waals surface area contributed by atoms with Gasteiger partial charge in [-0.3, -0.25) is 9.59 Å². The Morgan fingerprint density at radius 1 is 1.24 bits per heavy atom. The van der Waals surface area contributed by atoms with Gasteiger partial charge in [0.15, 0.2) is 5.78 Å². The predicted molar refractivity (Wildman–Crippen MR) is 65.3 cm³/mol. The predicted octanol–water partition coefficient (Wildman–Crippen LogP) is 2.01. The van der Waals surface area contributed by atoms with Gasteiger partial charge in [-0.15, -0.1) is 0 Å². The van der Waals surface area contributed by atoms with Crippen molar-refractivity contribution in [2.24, 2.45) is 5.92 Å². The van der Waals surface area contributed by atoms with Crippen LogP contribution >= 0.6 is 0 Å². The molecule has 17 heavy (non-hydrogen) atoms. The molecule has 0 N–H and O–H groups in total. The summed E-state index contributed by atoms with van der Waals surface area (Å²) in [6.45, 7) is 2.82. The third kappa shape index (κ3) is 2.54. The lowest BCUT2D eigenvalue weighted by molar-refractivity contribution is -0.132. The Balaban J connectivity index is 2.04. The molecule has 1 saturated heterocycles. The molecule has 0 radical (unpaired) electrons. The third-order valence-electron chi connectivity index (χ3n) is 3.14. The molecule has 3 nitrogen and oxygen atoms in total. The minimum Gasteiger partial charge on any atom is -0.330 e. The first-order valence-electron chi connectivity index (χ1n) is 6.07. The number of carbonyl (C=O) groups is 2. The molecular formula is C14H17NO2. The van der Waals surface area contributed by atoms with Gasteiger partial charge in [-0.1, -0.05) is 43.7 Å². The van der Waals surface area contributed by atoms with Gasteiger partial charge in [0.05, 0.1) is 12.5 Å². The van der Waals surface area contributed by atoms with Crippen LogP contribution in [-0.4, -0.2) is 23.1 Å². The Bertz CT molecular complexity index is 413. The van der Waals surface area contributed by atoms with Crippen LogP contribution in [0.3, 0.4) is 0 Å². The highest BCUT2D eigenvalue weighted by Gasteiger charge is 2.37. The summed E-state index contributed by atoms with van der Waals surface area (Å²) >= 11 is 0. The zero-order chi connectivity index (χ0) is 12.3. The second kappa shape index (κ2) is 5.13. The highest BCUT2D eigenvalue weighted by molar-refractivity contribution is 6.08. The number of likely N-dealkylation sites (tertiary alicyclic amines) is 1. The summed E-state index contributed by atoms with van der Waals surface area (Å²) < 4.78 is 0. The molecule has 0 saturated carbocycles. The Morgan fingerprint density at radius 3 is 2.59 bits per heavy atom. The van der Waals surface area contributed by atoms with E-state index >= 15 is 0 Å². The number of nitrogens with zero attached hydrogens (tertiary/aromatic N) is 1. The van der Waals surface area contributed by atoms with Gasteiger partial charge >= 0.3 is 0 Å². The fraction of sp³-hybridized carbons (Fsp3) is 0.429. The van der Waals surface area contributed by atoms with Crippen molar-refractivity contribution in [3.05, 3.63) is 35.9 Å². The highest BCUT2D eigenvalue weighted by atomic mass is 16.2. The Kier molecular flexibility index (Phi) is 3.57. The second-order valence-corrected chi connectivity index (χ2v) is 4.49. The van der Waals surface area contributed by atoms with Crippen LogP contribution in [0.4, 0.5) is 0 Å². The zero-order valence-corrected chi connectivity index (χ0v) is 10.1. The van der Waals surface area contributed by atoms with E-state index in [0.29, 0.717) is 13.0 Å². The molecule has 1 atom stereocenters. The Morgan fingerprint density at radius 2 is 1.94 bits per heavy atom. The van der Waals surface area contributed by atoms with E-state index in [2.05, 4.69) is 0 Å². The van der Waals surface area contributed by atoms with Crippen molar-refractivity contribution in [1.82, 2.24) is 4.90 Å². The summed E-state index contributed by atoms with van der Waals surface area (Å²) in [5.74, 6) is -0.308. The molecule has 2 rings (SSSR count). The quantitative estimate of drug-likeness (QED) is 0.743. The van der Waals surface area contributed by atoms with Crippen molar-refractivity contribution in [3.63, 3.8) is 0 Å². The van der Waals surface area contributed by atoms with Gasteiger partial charge in [0.1, 0.15) is 0 Å². The average Bonchev–Trinajstić information content (AvgIpc) is 2.59. The minimum absolute atomic E-state index is 0.000651. The van der Waals surface area contributed by atoms with Crippen LogP contribution in [0.15, 0.2) is 30.3 Å². The minimum atomic E-state index is -0.385. The standard InChI is InChI=1S/C14H17NO2/c1-2-6-12-13(16)10-15(14(12)17)9-11-7-4-3-5-8-11/h3-5,7-8,12H,2,6,9-10H2,1H3. The van der Waals surface area contributed by atoms with Crippen LogP contribution in [0, 0.1) is 5.92 Å². The lowest BCUT2D eigenvalue weighted by Gasteiger charge is -2.15. The van der Waals surface area contributed by atoms with Gasteiger partial charge in [0.2, 0.25) is 5.91 Å². The molecule has 1 fully saturated rings. The molecule has 1 unspecified atom stereocenters. The normalized spacial score (nSPS) is 20.1. The summed E-state index contributed by atoms with van der Waals surface area (Å²) in [5.41, 5.74) is 1.07. The molecule has 0 aromatic heterocycles. The van der Waals surface area contributed by atoms with Gasteiger partial charge in [0, 0.05) is 6.54 Å². The van der Waals surface area contributed by atoms with Crippen molar-refractivity contribution >= 4 is 11.7 Å². The number of amides is 1. The second-order valence-electron chi connectivity index (χ2n) is 4.49. The molecule has 0 spiro atoms. The molecule has 1 aliphatic rings. The molecule has 90 valence electrons. The van der Waals surface area contributed by atoms with E-state index in [4.69, 9.17) is 0 Å². The van der Waals surface area contributed by atoms with Crippen molar-refractivity contribution in [2.75, 3.05) is 6.54 Å². The maximum atomic E-state index is 12.0. The topological polar surface area (TPSA) is 37.4 Å². The number of hydrogen-bond donors (Lipinski definition) is 0. The van der Waals surface area contributed by atoms with Gasteiger partial charge in [-0.05, 0) is 12.0 Å². The fourth-order valence-corrected chi connectivity index (χ4v) is 2.25. The van der Waals surface area contributed by atoms with Crippen molar-refractivity contribution in [2.45, 2.75) is 26.3 Å². The first-order valence-corrected chi connectivity index (χ1v) is 6.07. The molecule has 0 aliphatic carbocycles. The van der Waals surface area contributed by atoms with E-state index in [1.165, 1.54) is 0 Å². The number of ketones is 1. The lowest BCUT2D eigenvalue weighted by atomic mass is 10.0. The average molecular weight is 231 g/mol. The summed E-state index contributed by atoms with van der Waals surface area (Å²) in [6.07, 6.45) is 1.56. The molecule has 1 aliphatic heterocycles. The van der Waals surface area contributed by atoms with Crippen LogP contribution < -0.4 is 0 Å². The van der Waals surface area contributed by atoms with E-state index in [0.717, 1.165) is 12.0 Å². The zero-order valence-electron chi connectivity index (χ0n) is 10.1. The van der Waals surface area contributed by atoms with E-state index < -0.39 is 0 Å². The van der Waals surface area contributed by atoms with E-state index in [-0.39, 0.29) is 24.2 Å². The van der Waals surface area contributed by atoms with Gasteiger partial charge in [-0.2, -0.15) is 0 Å². The van der Waals surface area contributed by atoms with E-state index in [1.807, 2.05) is 37.3 Å². The van der Waals surface area contributed by atoms with Crippen LogP contribution in [-0.2, 0) is 16.1 Å². The molecule has 3 heteroatoms. The summed E-state index contributed by atoms with van der Waals surface area (Å²) in [4.78, 5) is 25.4. The fourth-order valence-electron chi connectivity index (χ4n) is 2.25. The number of Topliss-reactive ketones (excluding diaryl/α,β-unsaturated/α-hetero) is 1. The molecule has 1 aromatic rings. The van der Waals surface area contributed by atoms with Crippen molar-refractivity contribution < 1.29 is 9.59 Å².